The van der Waals surface area contributed by atoms with Crippen molar-refractivity contribution in [3.05, 3.63) is 0 Å². The number of oxime groups is 1. The van der Waals surface area contributed by atoms with Crippen LogP contribution in [0.1, 0.15) is 33.6 Å². The molecule has 0 fully saturated rings. The average molecular weight is 244 g/mol. The van der Waals surface area contributed by atoms with Gasteiger partial charge in [-0.15, -0.1) is 0 Å². The van der Waals surface area contributed by atoms with E-state index in [1.807, 2.05) is 20.8 Å². The molecular weight excluding hydrogens is 220 g/mol. The third kappa shape index (κ3) is 6.11. The van der Waals surface area contributed by atoms with Gasteiger partial charge in [0.1, 0.15) is 5.84 Å². The molecule has 6 heteroatoms. The molecule has 1 unspecified atom stereocenters. The van der Waals surface area contributed by atoms with Gasteiger partial charge in [-0.05, 0) is 33.7 Å². The van der Waals surface area contributed by atoms with Crippen LogP contribution < -0.4 is 11.1 Å². The first-order valence-corrected chi connectivity index (χ1v) is 6.05. The Balaban J connectivity index is 3.85. The molecule has 0 saturated carbocycles. The third-order valence-corrected chi connectivity index (χ3v) is 2.63. The largest absolute Gasteiger partial charge is 0.409 e. The lowest BCUT2D eigenvalue weighted by atomic mass is 10.2. The van der Waals surface area contributed by atoms with Crippen LogP contribution in [-0.4, -0.2) is 47.5 Å². The molecule has 0 spiro atoms. The normalized spacial score (nSPS) is 13.5. The van der Waals surface area contributed by atoms with Gasteiger partial charge in [0, 0.05) is 19.5 Å². The second-order valence-electron chi connectivity index (χ2n) is 3.88. The maximum atomic E-state index is 11.9. The van der Waals surface area contributed by atoms with Crippen LogP contribution in [0, 0.1) is 0 Å². The van der Waals surface area contributed by atoms with E-state index in [1.165, 1.54) is 0 Å². The topological polar surface area (TPSA) is 91.0 Å². The third-order valence-electron chi connectivity index (χ3n) is 2.63. The van der Waals surface area contributed by atoms with Crippen molar-refractivity contribution in [2.75, 3.05) is 19.6 Å². The molecule has 0 aliphatic rings. The molecule has 0 rings (SSSR count). The van der Waals surface area contributed by atoms with Gasteiger partial charge in [0.15, 0.2) is 0 Å². The second-order valence-corrected chi connectivity index (χ2v) is 3.88. The zero-order valence-corrected chi connectivity index (χ0v) is 10.9. The van der Waals surface area contributed by atoms with Crippen LogP contribution in [-0.2, 0) is 4.79 Å². The van der Waals surface area contributed by atoms with Crippen molar-refractivity contribution < 1.29 is 10.0 Å². The Kier molecular flexibility index (Phi) is 8.13. The van der Waals surface area contributed by atoms with Crippen molar-refractivity contribution >= 4 is 11.7 Å². The van der Waals surface area contributed by atoms with Crippen LogP contribution in [0.2, 0.25) is 0 Å². The quantitative estimate of drug-likeness (QED) is 0.189. The van der Waals surface area contributed by atoms with Crippen molar-refractivity contribution in [2.45, 2.75) is 39.7 Å². The monoisotopic (exact) mass is 244 g/mol. The minimum atomic E-state index is -0.192. The number of amidine groups is 1. The Morgan fingerprint density at radius 1 is 1.47 bits per heavy atom. The molecule has 0 aromatic carbocycles. The summed E-state index contributed by atoms with van der Waals surface area (Å²) in [5.41, 5.74) is 5.34. The van der Waals surface area contributed by atoms with E-state index in [9.17, 15) is 4.79 Å². The fourth-order valence-electron chi connectivity index (χ4n) is 1.53. The molecule has 100 valence electrons. The van der Waals surface area contributed by atoms with Gasteiger partial charge in [0.2, 0.25) is 5.91 Å². The van der Waals surface area contributed by atoms with E-state index < -0.39 is 0 Å². The number of likely N-dealkylation sites (N-methyl/N-ethyl adjacent to an activating group) is 1. The van der Waals surface area contributed by atoms with E-state index in [4.69, 9.17) is 10.9 Å². The Morgan fingerprint density at radius 3 is 2.53 bits per heavy atom. The van der Waals surface area contributed by atoms with Gasteiger partial charge in [-0.2, -0.15) is 0 Å². The van der Waals surface area contributed by atoms with E-state index >= 15 is 0 Å². The van der Waals surface area contributed by atoms with Crippen molar-refractivity contribution in [3.63, 3.8) is 0 Å². The first kappa shape index (κ1) is 15.7. The minimum absolute atomic E-state index is 0.110. The molecule has 1 amide bonds. The summed E-state index contributed by atoms with van der Waals surface area (Å²) in [6.45, 7) is 7.91. The Hall–Kier alpha value is -1.30. The van der Waals surface area contributed by atoms with Gasteiger partial charge in [0.25, 0.3) is 0 Å². The molecule has 0 bridgehead atoms. The van der Waals surface area contributed by atoms with Crippen LogP contribution in [0.4, 0.5) is 0 Å². The Labute approximate surface area is 103 Å². The molecule has 1 atom stereocenters. The van der Waals surface area contributed by atoms with Crippen LogP contribution in [0.25, 0.3) is 0 Å². The standard InChI is InChI=1S/C11H24N4O2/c1-4-15(5-2)11(16)9(3)13-8-6-7-10(12)14-17/h9,13,17H,4-8H2,1-3H3,(H2,12,14). The molecular formula is C11H24N4O2. The molecule has 0 radical (unpaired) electrons. The van der Waals surface area contributed by atoms with Crippen molar-refractivity contribution in [1.29, 1.82) is 0 Å². The fraction of sp³-hybridized carbons (Fsp3) is 0.818. The molecule has 0 aromatic rings. The van der Waals surface area contributed by atoms with E-state index in [-0.39, 0.29) is 17.8 Å². The van der Waals surface area contributed by atoms with E-state index in [2.05, 4.69) is 10.5 Å². The minimum Gasteiger partial charge on any atom is -0.409 e. The van der Waals surface area contributed by atoms with Crippen LogP contribution in [0.5, 0.6) is 0 Å². The predicted octanol–water partition coefficient (Wildman–Crippen LogP) is 0.360. The number of hydrogen-bond donors (Lipinski definition) is 3. The summed E-state index contributed by atoms with van der Waals surface area (Å²) >= 11 is 0. The fourth-order valence-corrected chi connectivity index (χ4v) is 1.53. The van der Waals surface area contributed by atoms with E-state index in [1.54, 1.807) is 4.90 Å². The van der Waals surface area contributed by atoms with Crippen molar-refractivity contribution in [3.8, 4) is 0 Å². The maximum absolute atomic E-state index is 11.9. The van der Waals surface area contributed by atoms with Crippen LogP contribution in [0.3, 0.4) is 0 Å². The lowest BCUT2D eigenvalue weighted by Crippen LogP contribution is -2.45. The highest BCUT2D eigenvalue weighted by molar-refractivity contribution is 5.81. The highest BCUT2D eigenvalue weighted by Gasteiger charge is 2.16. The van der Waals surface area contributed by atoms with Crippen molar-refractivity contribution in [2.24, 2.45) is 10.9 Å². The number of nitrogens with two attached hydrogens (primary N) is 1. The molecule has 0 saturated heterocycles. The van der Waals surface area contributed by atoms with Crippen molar-refractivity contribution in [1.82, 2.24) is 10.2 Å². The summed E-state index contributed by atoms with van der Waals surface area (Å²) in [5, 5.41) is 14.4. The summed E-state index contributed by atoms with van der Waals surface area (Å²) in [6, 6.07) is -0.192. The number of amides is 1. The number of carbonyl (C=O) groups is 1. The first-order valence-electron chi connectivity index (χ1n) is 6.05. The number of hydrogen-bond acceptors (Lipinski definition) is 4. The van der Waals surface area contributed by atoms with Gasteiger partial charge in [-0.1, -0.05) is 5.16 Å². The van der Waals surface area contributed by atoms with E-state index in [0.29, 0.717) is 13.0 Å². The van der Waals surface area contributed by atoms with Gasteiger partial charge >= 0.3 is 0 Å². The molecule has 4 N–H and O–H groups in total. The molecule has 17 heavy (non-hydrogen) atoms. The summed E-state index contributed by atoms with van der Waals surface area (Å²) < 4.78 is 0. The van der Waals surface area contributed by atoms with E-state index in [0.717, 1.165) is 19.5 Å². The average Bonchev–Trinajstić information content (AvgIpc) is 2.35. The Morgan fingerprint density at radius 2 is 2.06 bits per heavy atom. The number of nitrogens with zero attached hydrogens (tertiary/aromatic N) is 2. The SMILES string of the molecule is CCN(CC)C(=O)C(C)NCCCC(N)=NO. The highest BCUT2D eigenvalue weighted by atomic mass is 16.4. The van der Waals surface area contributed by atoms with Gasteiger partial charge in [0.05, 0.1) is 6.04 Å². The molecule has 0 aliphatic heterocycles. The van der Waals surface area contributed by atoms with Crippen LogP contribution >= 0.6 is 0 Å². The summed E-state index contributed by atoms with van der Waals surface area (Å²) in [6.07, 6.45) is 1.27. The first-order chi connectivity index (χ1) is 8.06. The number of nitrogens with one attached hydrogen (secondary N) is 1. The smallest absolute Gasteiger partial charge is 0.239 e. The van der Waals surface area contributed by atoms with Gasteiger partial charge < -0.3 is 21.2 Å². The molecule has 0 aliphatic carbocycles. The Bertz CT molecular complexity index is 252. The zero-order chi connectivity index (χ0) is 13.3. The lowest BCUT2D eigenvalue weighted by Gasteiger charge is -2.23. The second kappa shape index (κ2) is 8.81. The highest BCUT2D eigenvalue weighted by Crippen LogP contribution is 1.95. The summed E-state index contributed by atoms with van der Waals surface area (Å²) in [5.74, 6) is 0.327. The molecule has 0 aromatic heterocycles. The predicted molar refractivity (Wildman–Crippen MR) is 68.0 cm³/mol. The molecule has 0 heterocycles. The maximum Gasteiger partial charge on any atom is 0.239 e. The zero-order valence-electron chi connectivity index (χ0n) is 10.9. The lowest BCUT2D eigenvalue weighted by molar-refractivity contribution is -0.132. The van der Waals surface area contributed by atoms with Gasteiger partial charge in [-0.25, -0.2) is 0 Å². The molecule has 6 nitrogen and oxygen atoms in total. The number of carbonyl (C=O) groups excluding carboxylic acids is 1. The summed E-state index contributed by atoms with van der Waals surface area (Å²) in [4.78, 5) is 13.7. The van der Waals surface area contributed by atoms with Crippen LogP contribution in [0.15, 0.2) is 5.16 Å². The summed E-state index contributed by atoms with van der Waals surface area (Å²) in [7, 11) is 0. The number of rotatable bonds is 8. The van der Waals surface area contributed by atoms with Gasteiger partial charge in [-0.3, -0.25) is 4.79 Å².